The number of nitrogen functional groups attached to an aromatic ring is 1. The topological polar surface area (TPSA) is 122 Å². The van der Waals surface area contributed by atoms with Gasteiger partial charge in [0.05, 0.1) is 24.3 Å². The van der Waals surface area contributed by atoms with E-state index in [1.807, 2.05) is 45.0 Å². The van der Waals surface area contributed by atoms with Crippen LogP contribution in [0.5, 0.6) is 0 Å². The summed E-state index contributed by atoms with van der Waals surface area (Å²) in [7, 11) is 1.56. The van der Waals surface area contributed by atoms with Gasteiger partial charge in [-0.1, -0.05) is 18.2 Å². The molecule has 162 valence electrons. The van der Waals surface area contributed by atoms with E-state index in [0.29, 0.717) is 29.2 Å². The van der Waals surface area contributed by atoms with Crippen LogP contribution in [0.3, 0.4) is 0 Å². The molecule has 3 N–H and O–H groups in total. The minimum atomic E-state index is -0.416. The summed E-state index contributed by atoms with van der Waals surface area (Å²) in [5.74, 6) is 0.350. The number of ether oxygens (including phenoxy) is 1. The average Bonchev–Trinajstić information content (AvgIpc) is 3.30. The number of fused-ring (bicyclic) bond motifs is 2. The molecule has 1 aromatic carbocycles. The summed E-state index contributed by atoms with van der Waals surface area (Å²) in [6.07, 6.45) is 1.41. The van der Waals surface area contributed by atoms with Gasteiger partial charge in [0, 0.05) is 12.5 Å². The number of hydroxylamine groups is 1. The molecular weight excluding hydrogens is 398 g/mol. The lowest BCUT2D eigenvalue weighted by Gasteiger charge is -2.19. The molecule has 1 amide bonds. The van der Waals surface area contributed by atoms with Crippen LogP contribution in [0, 0.1) is 0 Å². The summed E-state index contributed by atoms with van der Waals surface area (Å²) in [5.41, 5.74) is 10.1. The van der Waals surface area contributed by atoms with Crippen molar-refractivity contribution in [3.8, 4) is 5.82 Å². The Morgan fingerprint density at radius 2 is 1.97 bits per heavy atom. The highest BCUT2D eigenvalue weighted by Crippen LogP contribution is 2.32. The van der Waals surface area contributed by atoms with Crippen molar-refractivity contribution in [2.45, 2.75) is 26.3 Å². The third kappa shape index (κ3) is 3.71. The standard InChI is InChI=1S/C21H25N7O3/c1-21(2,3)28-18-16(17(22)23-12-24-18)19(25-28)27-14-8-6-5-7-13(14)11-15(27)20(29)26-31-10-9-30-4/h5-8,11-12H,9-10H2,1-4H3,(H,26,29)(H2,22,23,24). The first kappa shape index (κ1) is 20.8. The molecule has 0 aliphatic rings. The fourth-order valence-electron chi connectivity index (χ4n) is 3.42. The predicted octanol–water partition coefficient (Wildman–Crippen LogP) is 2.42. The van der Waals surface area contributed by atoms with Crippen molar-refractivity contribution in [2.75, 3.05) is 26.1 Å². The Kier molecular flexibility index (Phi) is 5.34. The van der Waals surface area contributed by atoms with Gasteiger partial charge in [0.2, 0.25) is 0 Å². The molecule has 0 aliphatic carbocycles. The van der Waals surface area contributed by atoms with E-state index in [0.717, 1.165) is 10.9 Å². The van der Waals surface area contributed by atoms with Crippen molar-refractivity contribution >= 4 is 33.7 Å². The first-order chi connectivity index (χ1) is 14.8. The molecule has 10 heteroatoms. The second-order valence-corrected chi connectivity index (χ2v) is 8.06. The number of nitrogens with one attached hydrogen (secondary N) is 1. The number of hydrogen-bond acceptors (Lipinski definition) is 7. The van der Waals surface area contributed by atoms with Crippen molar-refractivity contribution in [3.05, 3.63) is 42.4 Å². The molecule has 0 saturated carbocycles. The summed E-state index contributed by atoms with van der Waals surface area (Å²) in [5, 5.41) is 6.27. The zero-order chi connectivity index (χ0) is 22.2. The van der Waals surface area contributed by atoms with E-state index in [2.05, 4.69) is 15.4 Å². The molecule has 3 aromatic heterocycles. The molecule has 3 heterocycles. The zero-order valence-corrected chi connectivity index (χ0v) is 17.9. The van der Waals surface area contributed by atoms with Crippen molar-refractivity contribution in [2.24, 2.45) is 0 Å². The summed E-state index contributed by atoms with van der Waals surface area (Å²) in [6, 6.07) is 9.44. The van der Waals surface area contributed by atoms with Gasteiger partial charge in [-0.2, -0.15) is 5.10 Å². The molecule has 0 aliphatic heterocycles. The zero-order valence-electron chi connectivity index (χ0n) is 17.9. The van der Waals surface area contributed by atoms with Gasteiger partial charge in [-0.25, -0.2) is 20.1 Å². The first-order valence-corrected chi connectivity index (χ1v) is 9.84. The maximum absolute atomic E-state index is 13.0. The quantitative estimate of drug-likeness (QED) is 0.361. The highest BCUT2D eigenvalue weighted by Gasteiger charge is 2.27. The number of anilines is 1. The second-order valence-electron chi connectivity index (χ2n) is 8.06. The molecule has 10 nitrogen and oxygen atoms in total. The maximum Gasteiger partial charge on any atom is 0.291 e. The SMILES string of the molecule is COCCONC(=O)c1cc2ccccc2n1-c1nn(C(C)(C)C)c2ncnc(N)c12. The molecule has 0 saturated heterocycles. The monoisotopic (exact) mass is 423 g/mol. The van der Waals surface area contributed by atoms with Crippen LogP contribution in [0.4, 0.5) is 5.82 Å². The van der Waals surface area contributed by atoms with E-state index in [1.54, 1.807) is 22.4 Å². The normalized spacial score (nSPS) is 12.0. The number of para-hydroxylation sites is 1. The van der Waals surface area contributed by atoms with Gasteiger partial charge in [0.25, 0.3) is 5.91 Å². The molecule has 0 radical (unpaired) electrons. The van der Waals surface area contributed by atoms with Crippen LogP contribution < -0.4 is 11.2 Å². The minimum Gasteiger partial charge on any atom is -0.383 e. The van der Waals surface area contributed by atoms with E-state index in [-0.39, 0.29) is 18.0 Å². The minimum absolute atomic E-state index is 0.227. The average molecular weight is 423 g/mol. The molecule has 0 atom stereocenters. The number of carbonyl (C=O) groups is 1. The lowest BCUT2D eigenvalue weighted by Crippen LogP contribution is -2.27. The first-order valence-electron chi connectivity index (χ1n) is 9.84. The van der Waals surface area contributed by atoms with Crippen LogP contribution in [0.15, 0.2) is 36.7 Å². The largest absolute Gasteiger partial charge is 0.383 e. The third-order valence-electron chi connectivity index (χ3n) is 4.82. The Balaban J connectivity index is 1.94. The van der Waals surface area contributed by atoms with Crippen LogP contribution in [0.25, 0.3) is 27.8 Å². The van der Waals surface area contributed by atoms with Crippen molar-refractivity contribution in [1.29, 1.82) is 0 Å². The Morgan fingerprint density at radius 3 is 2.71 bits per heavy atom. The van der Waals surface area contributed by atoms with Gasteiger partial charge in [-0.3, -0.25) is 14.2 Å². The predicted molar refractivity (Wildman–Crippen MR) is 117 cm³/mol. The molecule has 0 bridgehead atoms. The lowest BCUT2D eigenvalue weighted by molar-refractivity contribution is 0.00849. The molecule has 0 unspecified atom stereocenters. The molecule has 0 fully saturated rings. The Hall–Kier alpha value is -3.50. The van der Waals surface area contributed by atoms with Crippen LogP contribution in [-0.4, -0.2) is 50.5 Å². The van der Waals surface area contributed by atoms with Gasteiger partial charge < -0.3 is 10.5 Å². The van der Waals surface area contributed by atoms with Gasteiger partial charge in [0.1, 0.15) is 23.2 Å². The Labute approximate surface area is 178 Å². The third-order valence-corrected chi connectivity index (χ3v) is 4.82. The number of rotatable bonds is 6. The maximum atomic E-state index is 13.0. The van der Waals surface area contributed by atoms with Crippen LogP contribution in [-0.2, 0) is 15.1 Å². The molecule has 0 spiro atoms. The lowest BCUT2D eigenvalue weighted by atomic mass is 10.1. The van der Waals surface area contributed by atoms with Crippen molar-refractivity contribution in [3.63, 3.8) is 0 Å². The van der Waals surface area contributed by atoms with Crippen molar-refractivity contribution in [1.82, 2.24) is 29.8 Å². The van der Waals surface area contributed by atoms with E-state index in [4.69, 9.17) is 20.4 Å². The highest BCUT2D eigenvalue weighted by atomic mass is 16.7. The van der Waals surface area contributed by atoms with Gasteiger partial charge in [0.15, 0.2) is 11.5 Å². The Bertz CT molecular complexity index is 1250. The molecule has 4 aromatic rings. The number of nitrogens with two attached hydrogens (primary N) is 1. The van der Waals surface area contributed by atoms with Crippen LogP contribution in [0.2, 0.25) is 0 Å². The molecule has 4 rings (SSSR count). The molecular formula is C21H25N7O3. The van der Waals surface area contributed by atoms with Gasteiger partial charge in [-0.05, 0) is 32.9 Å². The Morgan fingerprint density at radius 1 is 1.19 bits per heavy atom. The summed E-state index contributed by atoms with van der Waals surface area (Å²) in [4.78, 5) is 26.8. The number of benzene rings is 1. The number of carbonyl (C=O) groups excluding carboxylic acids is 1. The smallest absolute Gasteiger partial charge is 0.291 e. The van der Waals surface area contributed by atoms with Crippen LogP contribution in [0.1, 0.15) is 31.3 Å². The van der Waals surface area contributed by atoms with E-state index in [1.165, 1.54) is 6.33 Å². The summed E-state index contributed by atoms with van der Waals surface area (Å²) >= 11 is 0. The van der Waals surface area contributed by atoms with E-state index < -0.39 is 5.91 Å². The van der Waals surface area contributed by atoms with Gasteiger partial charge >= 0.3 is 0 Å². The number of nitrogens with zero attached hydrogens (tertiary/aromatic N) is 5. The second kappa shape index (κ2) is 7.97. The van der Waals surface area contributed by atoms with Crippen LogP contribution >= 0.6 is 0 Å². The summed E-state index contributed by atoms with van der Waals surface area (Å²) < 4.78 is 8.50. The number of hydrogen-bond donors (Lipinski definition) is 2. The summed E-state index contributed by atoms with van der Waals surface area (Å²) in [6.45, 7) is 6.65. The number of aromatic nitrogens is 5. The molecule has 31 heavy (non-hydrogen) atoms. The fraction of sp³-hybridized carbons (Fsp3) is 0.333. The highest BCUT2D eigenvalue weighted by molar-refractivity contribution is 6.02. The van der Waals surface area contributed by atoms with E-state index >= 15 is 0 Å². The number of methoxy groups -OCH3 is 1. The van der Waals surface area contributed by atoms with Gasteiger partial charge in [-0.15, -0.1) is 0 Å². The fourth-order valence-corrected chi connectivity index (χ4v) is 3.42. The number of amides is 1. The van der Waals surface area contributed by atoms with E-state index in [9.17, 15) is 4.79 Å². The van der Waals surface area contributed by atoms with Crippen molar-refractivity contribution < 1.29 is 14.4 Å².